The Bertz CT molecular complexity index is 1040. The van der Waals surface area contributed by atoms with E-state index in [2.05, 4.69) is 140 Å². The molecule has 298 valence electrons. The first-order valence-electron chi connectivity index (χ1n) is 22.9. The maximum absolute atomic E-state index is 2.67. The second-order valence-electron chi connectivity index (χ2n) is 15.4. The van der Waals surface area contributed by atoms with Crippen molar-refractivity contribution in [2.24, 2.45) is 10.8 Å². The Labute approximate surface area is 328 Å². The summed E-state index contributed by atoms with van der Waals surface area (Å²) >= 11 is 0. The van der Waals surface area contributed by atoms with Crippen LogP contribution in [0, 0.1) is 10.8 Å². The molecule has 0 rings (SSSR count). The molecule has 0 spiro atoms. The van der Waals surface area contributed by atoms with Crippen molar-refractivity contribution in [2.75, 3.05) is 0 Å². The van der Waals surface area contributed by atoms with Crippen LogP contribution in [-0.4, -0.2) is 0 Å². The molecule has 0 aromatic rings. The van der Waals surface area contributed by atoms with Crippen molar-refractivity contribution in [3.8, 4) is 0 Å². The summed E-state index contributed by atoms with van der Waals surface area (Å²) in [5.41, 5.74) is 2.40. The lowest BCUT2D eigenvalue weighted by atomic mass is 9.55. The van der Waals surface area contributed by atoms with Gasteiger partial charge in [0.05, 0.1) is 0 Å². The van der Waals surface area contributed by atoms with E-state index in [1.54, 1.807) is 0 Å². The van der Waals surface area contributed by atoms with Gasteiger partial charge in [0.1, 0.15) is 0 Å². The van der Waals surface area contributed by atoms with Crippen LogP contribution in [0.2, 0.25) is 0 Å². The minimum Gasteiger partial charge on any atom is -0.0907 e. The Morgan fingerprint density at radius 3 is 1.38 bits per heavy atom. The van der Waals surface area contributed by atoms with E-state index in [9.17, 15) is 0 Å². The van der Waals surface area contributed by atoms with Crippen molar-refractivity contribution in [3.05, 3.63) is 96.2 Å². The Morgan fingerprint density at radius 2 is 0.846 bits per heavy atom. The minimum atomic E-state index is -0.311. The van der Waals surface area contributed by atoms with Gasteiger partial charge in [-0.2, -0.15) is 0 Å². The Hall–Kier alpha value is -2.08. The normalized spacial score (nSPS) is 15.8. The number of allylic oxidation sites excluding steroid dienone is 16. The third-order valence-electron chi connectivity index (χ3n) is 10.6. The van der Waals surface area contributed by atoms with Gasteiger partial charge in [0, 0.05) is 10.8 Å². The van der Waals surface area contributed by atoms with Crippen LogP contribution in [0.25, 0.3) is 0 Å². The number of hydrogen-bond acceptors (Lipinski definition) is 0. The zero-order valence-corrected chi connectivity index (χ0v) is 36.5. The highest BCUT2D eigenvalue weighted by Crippen LogP contribution is 2.55. The van der Waals surface area contributed by atoms with Gasteiger partial charge in [-0.1, -0.05) is 236 Å². The van der Waals surface area contributed by atoms with Gasteiger partial charge >= 0.3 is 0 Å². The summed E-state index contributed by atoms with van der Waals surface area (Å²) in [6.45, 7) is 18.5. The van der Waals surface area contributed by atoms with Crippen LogP contribution in [0.3, 0.4) is 0 Å². The van der Waals surface area contributed by atoms with Crippen LogP contribution < -0.4 is 0 Å². The molecule has 0 N–H and O–H groups in total. The van der Waals surface area contributed by atoms with Crippen molar-refractivity contribution >= 4 is 0 Å². The Balaban J connectivity index is 8.19. The average molecular weight is 715 g/mol. The average Bonchev–Trinajstić information content (AvgIpc) is 3.15. The maximum Gasteiger partial charge on any atom is 0.0443 e. The molecule has 0 aliphatic carbocycles. The van der Waals surface area contributed by atoms with Gasteiger partial charge in [0.15, 0.2) is 0 Å². The molecule has 2 unspecified atom stereocenters. The fourth-order valence-electron chi connectivity index (χ4n) is 7.39. The molecule has 0 amide bonds. The van der Waals surface area contributed by atoms with E-state index in [1.165, 1.54) is 133 Å². The van der Waals surface area contributed by atoms with Gasteiger partial charge in [0.2, 0.25) is 0 Å². The van der Waals surface area contributed by atoms with Crippen LogP contribution in [0.1, 0.15) is 222 Å². The molecule has 0 fully saturated rings. The molecule has 0 saturated heterocycles. The second-order valence-corrected chi connectivity index (χ2v) is 15.4. The topological polar surface area (TPSA) is 0 Å². The van der Waals surface area contributed by atoms with Crippen molar-refractivity contribution in [2.45, 2.75) is 222 Å². The van der Waals surface area contributed by atoms with Crippen molar-refractivity contribution in [1.82, 2.24) is 0 Å². The largest absolute Gasteiger partial charge is 0.0907 e. The van der Waals surface area contributed by atoms with Crippen LogP contribution >= 0.6 is 0 Å². The predicted molar refractivity (Wildman–Crippen MR) is 241 cm³/mol. The lowest BCUT2D eigenvalue weighted by Gasteiger charge is -2.47. The molecule has 2 atom stereocenters. The van der Waals surface area contributed by atoms with E-state index in [0.717, 1.165) is 44.9 Å². The summed E-state index contributed by atoms with van der Waals surface area (Å²) in [7, 11) is 0. The molecule has 0 bridgehead atoms. The molecule has 0 heterocycles. The standard InChI is InChI=1S/C52H90/c1-9-17-24-29-31-34-36-42-49(41-35-33-30-25-18-10-2)50(43-37-32-26-19-11-3)52(47-38-22-14-6,48-40-28-21-13-5)51(44-16-8,45-23-15-7)46-39-27-20-12-4/h16,23,35-38,40-45,47-48H,9-15,17-22,24-34,39,46H2,1-8H3. The SMILES string of the molecule is CC=CC(C=CCC)(CCCCCC)C(C=CCCC)(C=CCCCC)C(C=CCCCCC)=C(C=CCCCCCC)C=CCCCCCCC. The number of rotatable bonds is 35. The van der Waals surface area contributed by atoms with Gasteiger partial charge in [-0.15, -0.1) is 0 Å². The molecule has 0 aliphatic heterocycles. The molecule has 52 heavy (non-hydrogen) atoms. The van der Waals surface area contributed by atoms with Crippen molar-refractivity contribution in [3.63, 3.8) is 0 Å². The fourth-order valence-corrected chi connectivity index (χ4v) is 7.39. The molecular formula is C52H90. The molecule has 0 heteroatoms. The highest BCUT2D eigenvalue weighted by molar-refractivity contribution is 5.53. The summed E-state index contributed by atoms with van der Waals surface area (Å²) in [6.07, 6.45) is 67.9. The minimum absolute atomic E-state index is 0.171. The number of hydrogen-bond donors (Lipinski definition) is 0. The summed E-state index contributed by atoms with van der Waals surface area (Å²) in [6, 6.07) is 0. The van der Waals surface area contributed by atoms with Crippen LogP contribution in [0.4, 0.5) is 0 Å². The van der Waals surface area contributed by atoms with Crippen molar-refractivity contribution in [1.29, 1.82) is 0 Å². The molecular weight excluding hydrogens is 625 g/mol. The summed E-state index contributed by atoms with van der Waals surface area (Å²) in [5.74, 6) is 0. The molecule has 0 nitrogen and oxygen atoms in total. The van der Waals surface area contributed by atoms with Crippen LogP contribution in [0.5, 0.6) is 0 Å². The summed E-state index contributed by atoms with van der Waals surface area (Å²) < 4.78 is 0. The second kappa shape index (κ2) is 35.9. The smallest absolute Gasteiger partial charge is 0.0443 e. The van der Waals surface area contributed by atoms with E-state index < -0.39 is 0 Å². The highest BCUT2D eigenvalue weighted by atomic mass is 14.5. The molecule has 0 saturated carbocycles. The molecule has 0 aliphatic rings. The van der Waals surface area contributed by atoms with E-state index in [-0.39, 0.29) is 10.8 Å². The van der Waals surface area contributed by atoms with Gasteiger partial charge < -0.3 is 0 Å². The Kier molecular flexibility index (Phi) is 34.5. The summed E-state index contributed by atoms with van der Waals surface area (Å²) in [4.78, 5) is 0. The van der Waals surface area contributed by atoms with E-state index in [4.69, 9.17) is 0 Å². The first kappa shape index (κ1) is 49.9. The zero-order valence-electron chi connectivity index (χ0n) is 36.5. The monoisotopic (exact) mass is 715 g/mol. The van der Waals surface area contributed by atoms with E-state index in [1.807, 2.05) is 0 Å². The van der Waals surface area contributed by atoms with Crippen LogP contribution in [-0.2, 0) is 0 Å². The molecule has 0 radical (unpaired) electrons. The first-order chi connectivity index (χ1) is 25.5. The lowest BCUT2D eigenvalue weighted by Crippen LogP contribution is -2.39. The first-order valence-corrected chi connectivity index (χ1v) is 22.9. The van der Waals surface area contributed by atoms with Gasteiger partial charge in [-0.05, 0) is 82.3 Å². The molecule has 0 aromatic carbocycles. The van der Waals surface area contributed by atoms with E-state index >= 15 is 0 Å². The number of unbranched alkanes of at least 4 members (excludes halogenated alkanes) is 18. The van der Waals surface area contributed by atoms with E-state index in [0.29, 0.717) is 0 Å². The van der Waals surface area contributed by atoms with Crippen molar-refractivity contribution < 1.29 is 0 Å². The summed E-state index contributed by atoms with van der Waals surface area (Å²) in [5, 5.41) is 0. The third-order valence-corrected chi connectivity index (χ3v) is 10.6. The Morgan fingerprint density at radius 1 is 0.385 bits per heavy atom. The predicted octanol–water partition coefficient (Wildman–Crippen LogP) is 18.5. The van der Waals surface area contributed by atoms with Gasteiger partial charge in [0.25, 0.3) is 0 Å². The maximum atomic E-state index is 2.67. The third kappa shape index (κ3) is 21.6. The highest BCUT2D eigenvalue weighted by Gasteiger charge is 2.46. The quantitative estimate of drug-likeness (QED) is 0.0348. The lowest BCUT2D eigenvalue weighted by molar-refractivity contribution is 0.276. The fraction of sp³-hybridized carbons (Fsp3) is 0.692. The molecule has 0 aromatic heterocycles. The zero-order chi connectivity index (χ0) is 38.4. The van der Waals surface area contributed by atoms with Gasteiger partial charge in [-0.3, -0.25) is 0 Å². The van der Waals surface area contributed by atoms with Gasteiger partial charge in [-0.25, -0.2) is 0 Å². The van der Waals surface area contributed by atoms with Crippen LogP contribution in [0.15, 0.2) is 96.2 Å².